The maximum Gasteiger partial charge on any atom is 0.290 e. The summed E-state index contributed by atoms with van der Waals surface area (Å²) in [5.74, 6) is 0.0327. The summed E-state index contributed by atoms with van der Waals surface area (Å²) in [4.78, 5) is 12.1. The van der Waals surface area contributed by atoms with Crippen LogP contribution in [0.3, 0.4) is 0 Å². The van der Waals surface area contributed by atoms with Crippen molar-refractivity contribution < 1.29 is 9.32 Å². The molecule has 0 bridgehead atoms. The quantitative estimate of drug-likeness (QED) is 0.822. The Labute approximate surface area is 117 Å². The number of nitrogens with one attached hydrogen (secondary N) is 1. The Morgan fingerprint density at radius 2 is 2.30 bits per heavy atom. The lowest BCUT2D eigenvalue weighted by molar-refractivity contribution is 0.0895. The fourth-order valence-corrected chi connectivity index (χ4v) is 2.68. The standard InChI is InChI=1S/C15H17N3O2/c1-9-7-14(20-18-9)15(19)17-13-4-2-3-10-8-11(16)5-6-12(10)13/h5-8,13H,2-4,16H2,1H3,(H,17,19). The van der Waals surface area contributed by atoms with Gasteiger partial charge in [0.25, 0.3) is 5.91 Å². The number of hydrogen-bond acceptors (Lipinski definition) is 4. The molecule has 1 unspecified atom stereocenters. The first kappa shape index (κ1) is 12.7. The van der Waals surface area contributed by atoms with E-state index in [2.05, 4.69) is 10.5 Å². The number of hydrogen-bond donors (Lipinski definition) is 2. The smallest absolute Gasteiger partial charge is 0.290 e. The van der Waals surface area contributed by atoms with Crippen LogP contribution in [-0.2, 0) is 6.42 Å². The second-order valence-electron chi connectivity index (χ2n) is 5.21. The van der Waals surface area contributed by atoms with Crippen molar-refractivity contribution in [3.05, 3.63) is 46.8 Å². The van der Waals surface area contributed by atoms with Gasteiger partial charge in [0.15, 0.2) is 0 Å². The van der Waals surface area contributed by atoms with Crippen LogP contribution in [0.25, 0.3) is 0 Å². The largest absolute Gasteiger partial charge is 0.399 e. The predicted molar refractivity (Wildman–Crippen MR) is 75.2 cm³/mol. The molecule has 1 aliphatic rings. The molecule has 0 saturated carbocycles. The number of nitrogens with zero attached hydrogens (tertiary/aromatic N) is 1. The highest BCUT2D eigenvalue weighted by Crippen LogP contribution is 2.31. The van der Waals surface area contributed by atoms with Crippen molar-refractivity contribution in [1.29, 1.82) is 0 Å². The van der Waals surface area contributed by atoms with Gasteiger partial charge in [-0.3, -0.25) is 4.79 Å². The zero-order valence-corrected chi connectivity index (χ0v) is 11.3. The van der Waals surface area contributed by atoms with Crippen LogP contribution in [0.5, 0.6) is 0 Å². The molecule has 0 spiro atoms. The van der Waals surface area contributed by atoms with Crippen molar-refractivity contribution in [1.82, 2.24) is 10.5 Å². The first-order valence-electron chi connectivity index (χ1n) is 6.76. The second-order valence-corrected chi connectivity index (χ2v) is 5.21. The number of aryl methyl sites for hydroxylation is 2. The zero-order valence-electron chi connectivity index (χ0n) is 11.3. The molecule has 20 heavy (non-hydrogen) atoms. The fraction of sp³-hybridized carbons (Fsp3) is 0.333. The number of anilines is 1. The van der Waals surface area contributed by atoms with E-state index < -0.39 is 0 Å². The van der Waals surface area contributed by atoms with Crippen molar-refractivity contribution in [2.45, 2.75) is 32.2 Å². The van der Waals surface area contributed by atoms with Gasteiger partial charge in [-0.2, -0.15) is 0 Å². The number of rotatable bonds is 2. The van der Waals surface area contributed by atoms with Gasteiger partial charge in [-0.15, -0.1) is 0 Å². The summed E-state index contributed by atoms with van der Waals surface area (Å²) in [7, 11) is 0. The SMILES string of the molecule is Cc1cc(C(=O)NC2CCCc3cc(N)ccc32)on1. The highest BCUT2D eigenvalue weighted by Gasteiger charge is 2.23. The lowest BCUT2D eigenvalue weighted by Gasteiger charge is -2.26. The van der Waals surface area contributed by atoms with E-state index in [9.17, 15) is 4.79 Å². The molecule has 1 heterocycles. The van der Waals surface area contributed by atoms with Crippen molar-refractivity contribution in [3.63, 3.8) is 0 Å². The first-order valence-corrected chi connectivity index (χ1v) is 6.76. The minimum atomic E-state index is -0.222. The van der Waals surface area contributed by atoms with Gasteiger partial charge < -0.3 is 15.6 Å². The number of aromatic nitrogens is 1. The Morgan fingerprint density at radius 3 is 3.05 bits per heavy atom. The maximum atomic E-state index is 12.1. The van der Waals surface area contributed by atoms with Crippen molar-refractivity contribution in [2.75, 3.05) is 5.73 Å². The Balaban J connectivity index is 1.81. The van der Waals surface area contributed by atoms with Crippen LogP contribution in [0.15, 0.2) is 28.8 Å². The van der Waals surface area contributed by atoms with Crippen LogP contribution in [0, 0.1) is 6.92 Å². The minimum absolute atomic E-state index is 0.0113. The van der Waals surface area contributed by atoms with Gasteiger partial charge >= 0.3 is 0 Å². The van der Waals surface area contributed by atoms with Gasteiger partial charge in [-0.1, -0.05) is 11.2 Å². The number of nitrogen functional groups attached to an aromatic ring is 1. The predicted octanol–water partition coefficient (Wildman–Crippen LogP) is 2.37. The fourth-order valence-electron chi connectivity index (χ4n) is 2.68. The normalized spacial score (nSPS) is 17.6. The number of carbonyl (C=O) groups excluding carboxylic acids is 1. The van der Waals surface area contributed by atoms with E-state index in [1.807, 2.05) is 18.2 Å². The number of amides is 1. The number of fused-ring (bicyclic) bond motifs is 1. The summed E-state index contributed by atoms with van der Waals surface area (Å²) >= 11 is 0. The third-order valence-electron chi connectivity index (χ3n) is 3.64. The molecule has 0 saturated heterocycles. The average Bonchev–Trinajstić information content (AvgIpc) is 2.85. The van der Waals surface area contributed by atoms with E-state index in [0.29, 0.717) is 5.69 Å². The number of nitrogens with two attached hydrogens (primary N) is 1. The highest BCUT2D eigenvalue weighted by molar-refractivity contribution is 5.91. The second kappa shape index (κ2) is 5.00. The van der Waals surface area contributed by atoms with E-state index in [1.165, 1.54) is 5.56 Å². The van der Waals surface area contributed by atoms with Crippen molar-refractivity contribution in [3.8, 4) is 0 Å². The van der Waals surface area contributed by atoms with Crippen molar-refractivity contribution in [2.24, 2.45) is 0 Å². The number of carbonyl (C=O) groups is 1. The van der Waals surface area contributed by atoms with Gasteiger partial charge in [-0.05, 0) is 49.4 Å². The molecular formula is C15H17N3O2. The molecule has 1 atom stereocenters. The van der Waals surface area contributed by atoms with Crippen LogP contribution in [0.4, 0.5) is 5.69 Å². The molecule has 5 heteroatoms. The van der Waals surface area contributed by atoms with Crippen LogP contribution >= 0.6 is 0 Å². The summed E-state index contributed by atoms with van der Waals surface area (Å²) in [6.07, 6.45) is 2.97. The van der Waals surface area contributed by atoms with Gasteiger partial charge in [0.05, 0.1) is 11.7 Å². The molecule has 1 aromatic carbocycles. The van der Waals surface area contributed by atoms with Gasteiger partial charge in [0, 0.05) is 11.8 Å². The molecule has 0 fully saturated rings. The molecule has 0 radical (unpaired) electrons. The van der Waals surface area contributed by atoms with E-state index in [-0.39, 0.29) is 17.7 Å². The molecule has 0 aliphatic heterocycles. The molecule has 3 N–H and O–H groups in total. The highest BCUT2D eigenvalue weighted by atomic mass is 16.5. The topological polar surface area (TPSA) is 81.2 Å². The Morgan fingerprint density at radius 1 is 1.45 bits per heavy atom. The molecule has 5 nitrogen and oxygen atoms in total. The molecule has 2 aromatic rings. The zero-order chi connectivity index (χ0) is 14.1. The van der Waals surface area contributed by atoms with Crippen LogP contribution in [0.1, 0.15) is 46.3 Å². The first-order chi connectivity index (χ1) is 9.63. The Hall–Kier alpha value is -2.30. The maximum absolute atomic E-state index is 12.1. The Kier molecular flexibility index (Phi) is 3.18. The molecule has 1 amide bonds. The third-order valence-corrected chi connectivity index (χ3v) is 3.64. The lowest BCUT2D eigenvalue weighted by atomic mass is 9.87. The molecule has 1 aliphatic carbocycles. The summed E-state index contributed by atoms with van der Waals surface area (Å²) < 4.78 is 4.99. The summed E-state index contributed by atoms with van der Waals surface area (Å²) in [5, 5.41) is 6.74. The van der Waals surface area contributed by atoms with Crippen molar-refractivity contribution >= 4 is 11.6 Å². The van der Waals surface area contributed by atoms with Crippen LogP contribution in [-0.4, -0.2) is 11.1 Å². The van der Waals surface area contributed by atoms with E-state index in [0.717, 1.165) is 30.5 Å². The van der Waals surface area contributed by atoms with E-state index in [1.54, 1.807) is 13.0 Å². The van der Waals surface area contributed by atoms with Crippen LogP contribution in [0.2, 0.25) is 0 Å². The Bertz CT molecular complexity index is 648. The lowest BCUT2D eigenvalue weighted by Crippen LogP contribution is -2.30. The van der Waals surface area contributed by atoms with Gasteiger partial charge in [-0.25, -0.2) is 0 Å². The summed E-state index contributed by atoms with van der Waals surface area (Å²) in [5.41, 5.74) is 9.64. The van der Waals surface area contributed by atoms with Crippen LogP contribution < -0.4 is 11.1 Å². The van der Waals surface area contributed by atoms with Gasteiger partial charge in [0.1, 0.15) is 0 Å². The molecule has 3 rings (SSSR count). The monoisotopic (exact) mass is 271 g/mol. The molecule has 1 aromatic heterocycles. The minimum Gasteiger partial charge on any atom is -0.399 e. The van der Waals surface area contributed by atoms with E-state index in [4.69, 9.17) is 10.3 Å². The van der Waals surface area contributed by atoms with Gasteiger partial charge in [0.2, 0.25) is 5.76 Å². The average molecular weight is 271 g/mol. The molecular weight excluding hydrogens is 254 g/mol. The number of benzene rings is 1. The summed E-state index contributed by atoms with van der Waals surface area (Å²) in [6, 6.07) is 7.52. The third kappa shape index (κ3) is 2.39. The summed E-state index contributed by atoms with van der Waals surface area (Å²) in [6.45, 7) is 1.79. The van der Waals surface area contributed by atoms with E-state index >= 15 is 0 Å². The molecule has 104 valence electrons.